The summed E-state index contributed by atoms with van der Waals surface area (Å²) in [6.07, 6.45) is 3.33. The number of rotatable bonds is 5. The summed E-state index contributed by atoms with van der Waals surface area (Å²) in [5.41, 5.74) is 2.25. The fourth-order valence-corrected chi connectivity index (χ4v) is 2.60. The van der Waals surface area contributed by atoms with E-state index in [1.54, 1.807) is 30.6 Å². The van der Waals surface area contributed by atoms with E-state index in [-0.39, 0.29) is 5.69 Å². The molecule has 2 heterocycles. The number of nitro groups is 1. The summed E-state index contributed by atoms with van der Waals surface area (Å²) in [6, 6.07) is 17.7. The van der Waals surface area contributed by atoms with Crippen LogP contribution < -0.4 is 10.6 Å². The minimum atomic E-state index is -0.448. The van der Waals surface area contributed by atoms with Crippen LogP contribution in [0.4, 0.5) is 28.8 Å². The first-order chi connectivity index (χ1) is 13.2. The van der Waals surface area contributed by atoms with Gasteiger partial charge in [-0.25, -0.2) is 4.98 Å². The second-order valence-electron chi connectivity index (χ2n) is 5.74. The average molecular weight is 358 g/mol. The van der Waals surface area contributed by atoms with Crippen LogP contribution in [0, 0.1) is 10.1 Å². The Kier molecular flexibility index (Phi) is 4.28. The molecule has 0 spiro atoms. The third-order valence-corrected chi connectivity index (χ3v) is 3.83. The van der Waals surface area contributed by atoms with E-state index in [2.05, 4.69) is 25.6 Å². The summed E-state index contributed by atoms with van der Waals surface area (Å²) in [4.78, 5) is 23.4. The molecule has 27 heavy (non-hydrogen) atoms. The molecule has 0 fully saturated rings. The van der Waals surface area contributed by atoms with Crippen molar-refractivity contribution in [1.29, 1.82) is 0 Å². The minimum absolute atomic E-state index is 0.00322. The van der Waals surface area contributed by atoms with Gasteiger partial charge in [0.2, 0.25) is 5.95 Å². The highest BCUT2D eigenvalue weighted by molar-refractivity contribution is 5.82. The van der Waals surface area contributed by atoms with Crippen LogP contribution in [0.1, 0.15) is 0 Å². The smallest absolute Gasteiger partial charge is 0.271 e. The molecule has 132 valence electrons. The highest BCUT2D eigenvalue weighted by Crippen LogP contribution is 2.22. The number of benzene rings is 2. The highest BCUT2D eigenvalue weighted by atomic mass is 16.6. The first-order valence-corrected chi connectivity index (χ1v) is 8.14. The Hall–Kier alpha value is -4.07. The zero-order valence-electron chi connectivity index (χ0n) is 14.0. The molecule has 0 aliphatic heterocycles. The van der Waals surface area contributed by atoms with Crippen LogP contribution in [0.5, 0.6) is 0 Å². The molecule has 2 aromatic carbocycles. The van der Waals surface area contributed by atoms with E-state index >= 15 is 0 Å². The molecule has 0 atom stereocenters. The Bertz CT molecular complexity index is 1130. The quantitative estimate of drug-likeness (QED) is 0.402. The first-order valence-electron chi connectivity index (χ1n) is 8.14. The van der Waals surface area contributed by atoms with Crippen LogP contribution in [-0.2, 0) is 0 Å². The van der Waals surface area contributed by atoms with E-state index in [4.69, 9.17) is 0 Å². The van der Waals surface area contributed by atoms with E-state index in [1.165, 1.54) is 12.1 Å². The number of para-hydroxylation sites is 1. The van der Waals surface area contributed by atoms with Gasteiger partial charge in [-0.15, -0.1) is 0 Å². The fourth-order valence-electron chi connectivity index (χ4n) is 2.60. The lowest BCUT2D eigenvalue weighted by Crippen LogP contribution is -2.01. The van der Waals surface area contributed by atoms with Crippen LogP contribution >= 0.6 is 0 Å². The number of pyridine rings is 1. The summed E-state index contributed by atoms with van der Waals surface area (Å²) in [5, 5.41) is 18.1. The molecule has 2 N–H and O–H groups in total. The van der Waals surface area contributed by atoms with Gasteiger partial charge >= 0.3 is 0 Å². The Morgan fingerprint density at radius 2 is 1.78 bits per heavy atom. The van der Waals surface area contributed by atoms with Gasteiger partial charge in [0.05, 0.1) is 22.3 Å². The number of anilines is 4. The van der Waals surface area contributed by atoms with Crippen LogP contribution in [-0.4, -0.2) is 19.9 Å². The van der Waals surface area contributed by atoms with Gasteiger partial charge in [-0.2, -0.15) is 4.98 Å². The summed E-state index contributed by atoms with van der Waals surface area (Å²) in [7, 11) is 0. The number of hydrogen-bond acceptors (Lipinski definition) is 7. The molecule has 4 aromatic rings. The molecule has 0 saturated carbocycles. The number of nitrogens with one attached hydrogen (secondary N) is 2. The van der Waals surface area contributed by atoms with Gasteiger partial charge in [0.15, 0.2) is 0 Å². The second-order valence-corrected chi connectivity index (χ2v) is 5.74. The molecule has 0 aliphatic carbocycles. The SMILES string of the molecule is O=[N+]([O-])c1cccc(Nc2nccc(Nc3cnc4ccccc4c3)n2)c1. The third-order valence-electron chi connectivity index (χ3n) is 3.83. The molecule has 2 aromatic heterocycles. The van der Waals surface area contributed by atoms with Crippen LogP contribution in [0.3, 0.4) is 0 Å². The Balaban J connectivity index is 1.55. The van der Waals surface area contributed by atoms with E-state index in [0.717, 1.165) is 16.6 Å². The summed E-state index contributed by atoms with van der Waals surface area (Å²) in [5.74, 6) is 0.907. The van der Waals surface area contributed by atoms with Gasteiger partial charge in [0.25, 0.3) is 5.69 Å². The topological polar surface area (TPSA) is 106 Å². The number of non-ortho nitro benzene ring substituents is 1. The molecular formula is C19H14N6O2. The molecule has 0 saturated heterocycles. The number of fused-ring (bicyclic) bond motifs is 1. The zero-order chi connectivity index (χ0) is 18.6. The molecule has 0 aliphatic rings. The Morgan fingerprint density at radius 3 is 2.67 bits per heavy atom. The zero-order valence-corrected chi connectivity index (χ0v) is 14.0. The molecule has 8 nitrogen and oxygen atoms in total. The average Bonchev–Trinajstić information content (AvgIpc) is 2.68. The maximum absolute atomic E-state index is 10.9. The summed E-state index contributed by atoms with van der Waals surface area (Å²) < 4.78 is 0. The summed E-state index contributed by atoms with van der Waals surface area (Å²) >= 11 is 0. The van der Waals surface area contributed by atoms with E-state index < -0.39 is 4.92 Å². The number of nitrogens with zero attached hydrogens (tertiary/aromatic N) is 4. The van der Waals surface area contributed by atoms with E-state index in [1.807, 2.05) is 30.3 Å². The highest BCUT2D eigenvalue weighted by Gasteiger charge is 2.07. The van der Waals surface area contributed by atoms with Crippen LogP contribution in [0.2, 0.25) is 0 Å². The van der Waals surface area contributed by atoms with Crippen molar-refractivity contribution in [2.45, 2.75) is 0 Å². The summed E-state index contributed by atoms with van der Waals surface area (Å²) in [6.45, 7) is 0. The molecule has 0 bridgehead atoms. The minimum Gasteiger partial charge on any atom is -0.339 e. The lowest BCUT2D eigenvalue weighted by Gasteiger charge is -2.09. The van der Waals surface area contributed by atoms with Crippen molar-refractivity contribution in [2.75, 3.05) is 10.6 Å². The predicted octanol–water partition coefficient (Wildman–Crippen LogP) is 4.42. The molecule has 4 rings (SSSR count). The van der Waals surface area contributed by atoms with Crippen molar-refractivity contribution in [2.24, 2.45) is 0 Å². The van der Waals surface area contributed by atoms with Crippen molar-refractivity contribution in [3.05, 3.63) is 83.2 Å². The van der Waals surface area contributed by atoms with Gasteiger partial charge in [-0.3, -0.25) is 15.1 Å². The third kappa shape index (κ3) is 3.79. The number of aromatic nitrogens is 3. The largest absolute Gasteiger partial charge is 0.339 e. The normalized spacial score (nSPS) is 10.5. The maximum Gasteiger partial charge on any atom is 0.271 e. The standard InChI is InChI=1S/C19H14N6O2/c26-25(27)16-6-3-5-14(11-16)23-19-20-9-8-18(24-19)22-15-10-13-4-1-2-7-17(13)21-12-15/h1-12H,(H2,20,22,23,24). The molecule has 0 unspecified atom stereocenters. The van der Waals surface area contributed by atoms with Crippen LogP contribution in [0.25, 0.3) is 10.9 Å². The maximum atomic E-state index is 10.9. The van der Waals surface area contributed by atoms with Crippen LogP contribution in [0.15, 0.2) is 73.1 Å². The van der Waals surface area contributed by atoms with Gasteiger partial charge in [0.1, 0.15) is 5.82 Å². The van der Waals surface area contributed by atoms with Gasteiger partial charge in [0, 0.05) is 29.4 Å². The van der Waals surface area contributed by atoms with E-state index in [9.17, 15) is 10.1 Å². The first kappa shape index (κ1) is 16.4. The second kappa shape index (κ2) is 7.04. The van der Waals surface area contributed by atoms with E-state index in [0.29, 0.717) is 17.5 Å². The molecule has 0 amide bonds. The fraction of sp³-hybridized carbons (Fsp3) is 0. The molecular weight excluding hydrogens is 344 g/mol. The van der Waals surface area contributed by atoms with Gasteiger partial charge in [-0.1, -0.05) is 24.3 Å². The van der Waals surface area contributed by atoms with Crippen molar-refractivity contribution < 1.29 is 4.92 Å². The molecule has 0 radical (unpaired) electrons. The Labute approximate surface area is 154 Å². The molecule has 8 heteroatoms. The number of hydrogen-bond donors (Lipinski definition) is 2. The number of nitro benzene ring substituents is 1. The van der Waals surface area contributed by atoms with Gasteiger partial charge in [-0.05, 0) is 24.3 Å². The van der Waals surface area contributed by atoms with Crippen molar-refractivity contribution in [3.63, 3.8) is 0 Å². The van der Waals surface area contributed by atoms with Crippen molar-refractivity contribution in [1.82, 2.24) is 15.0 Å². The van der Waals surface area contributed by atoms with Crippen molar-refractivity contribution in [3.8, 4) is 0 Å². The lowest BCUT2D eigenvalue weighted by atomic mass is 10.2. The predicted molar refractivity (Wildman–Crippen MR) is 103 cm³/mol. The van der Waals surface area contributed by atoms with Crippen molar-refractivity contribution >= 4 is 39.7 Å². The Morgan fingerprint density at radius 1 is 0.889 bits per heavy atom. The monoisotopic (exact) mass is 358 g/mol. The lowest BCUT2D eigenvalue weighted by molar-refractivity contribution is -0.384. The van der Waals surface area contributed by atoms with Gasteiger partial charge < -0.3 is 10.6 Å².